The van der Waals surface area contributed by atoms with Gasteiger partial charge in [0.15, 0.2) is 6.29 Å². The Morgan fingerprint density at radius 3 is 2.29 bits per heavy atom. The second-order valence-electron chi connectivity index (χ2n) is 6.02. The second-order valence-corrected chi connectivity index (χ2v) is 7.94. The molecule has 0 aromatic heterocycles. The van der Waals surface area contributed by atoms with Gasteiger partial charge in [-0.2, -0.15) is 13.2 Å². The first-order chi connectivity index (χ1) is 12.9. The molecule has 0 aliphatic heterocycles. The molecule has 0 aliphatic carbocycles. The van der Waals surface area contributed by atoms with Crippen LogP contribution < -0.4 is 5.32 Å². The molecule has 0 fully saturated rings. The van der Waals surface area contributed by atoms with Gasteiger partial charge in [-0.1, -0.05) is 12.1 Å². The van der Waals surface area contributed by atoms with E-state index in [2.05, 4.69) is 0 Å². The summed E-state index contributed by atoms with van der Waals surface area (Å²) in [4.78, 5) is 21.4. The highest BCUT2D eigenvalue weighted by Gasteiger charge is 2.39. The number of alkyl halides is 3. The second kappa shape index (κ2) is 8.09. The molecule has 1 atom stereocenters. The summed E-state index contributed by atoms with van der Waals surface area (Å²) in [6, 6.07) is 7.08. The van der Waals surface area contributed by atoms with E-state index in [1.165, 1.54) is 31.2 Å². The molecule has 0 saturated carbocycles. The molecule has 5 nitrogen and oxygen atoms in total. The molecule has 0 aliphatic rings. The Bertz CT molecular complexity index is 986. The van der Waals surface area contributed by atoms with Crippen molar-refractivity contribution in [2.45, 2.75) is 35.4 Å². The maximum atomic E-state index is 13.2. The molecule has 150 valence electrons. The molecule has 2 rings (SSSR count). The zero-order valence-corrected chi connectivity index (χ0v) is 15.3. The van der Waals surface area contributed by atoms with E-state index in [1.807, 2.05) is 0 Å². The maximum absolute atomic E-state index is 13.2. The summed E-state index contributed by atoms with van der Waals surface area (Å²) < 4.78 is 75.3. The van der Waals surface area contributed by atoms with Crippen molar-refractivity contribution in [1.29, 1.82) is 0 Å². The molecular formula is C18H15F4NO4S. The predicted molar refractivity (Wildman–Crippen MR) is 91.0 cm³/mol. The van der Waals surface area contributed by atoms with Gasteiger partial charge in [0.25, 0.3) is 0 Å². The van der Waals surface area contributed by atoms with E-state index < -0.39 is 33.8 Å². The zero-order valence-electron chi connectivity index (χ0n) is 14.5. The van der Waals surface area contributed by atoms with Gasteiger partial charge in [-0.25, -0.2) is 12.8 Å². The number of rotatable bonds is 6. The van der Waals surface area contributed by atoms with Crippen molar-refractivity contribution < 1.29 is 35.6 Å². The van der Waals surface area contributed by atoms with E-state index in [9.17, 15) is 35.6 Å². The Labute approximate surface area is 158 Å². The number of amides is 1. The molecule has 10 heteroatoms. The van der Waals surface area contributed by atoms with Crippen molar-refractivity contribution in [3.8, 4) is 0 Å². The SMILES string of the molecule is CC(Cc1ccc(S(=O)(=O)c2ccc(F)cc2C=O)cc1)NC(=O)C(F)(F)F. The molecule has 1 amide bonds. The van der Waals surface area contributed by atoms with Gasteiger partial charge in [0.1, 0.15) is 5.82 Å². The Kier molecular flexibility index (Phi) is 6.23. The van der Waals surface area contributed by atoms with Crippen LogP contribution in [0.3, 0.4) is 0 Å². The monoisotopic (exact) mass is 417 g/mol. The molecule has 0 radical (unpaired) electrons. The first-order valence-corrected chi connectivity index (χ1v) is 9.40. The lowest BCUT2D eigenvalue weighted by molar-refractivity contribution is -0.174. The lowest BCUT2D eigenvalue weighted by Crippen LogP contribution is -2.42. The average Bonchev–Trinajstić information content (AvgIpc) is 2.60. The van der Waals surface area contributed by atoms with Gasteiger partial charge < -0.3 is 5.32 Å². The Morgan fingerprint density at radius 1 is 1.14 bits per heavy atom. The Hall–Kier alpha value is -2.75. The highest BCUT2D eigenvalue weighted by Crippen LogP contribution is 2.24. The third-order valence-corrected chi connectivity index (χ3v) is 5.64. The lowest BCUT2D eigenvalue weighted by Gasteiger charge is -2.15. The molecule has 2 aromatic carbocycles. The molecule has 0 heterocycles. The quantitative estimate of drug-likeness (QED) is 0.445. The lowest BCUT2D eigenvalue weighted by atomic mass is 10.1. The molecule has 2 aromatic rings. The van der Waals surface area contributed by atoms with E-state index in [0.29, 0.717) is 5.56 Å². The minimum atomic E-state index is -4.99. The van der Waals surface area contributed by atoms with E-state index >= 15 is 0 Å². The fraction of sp³-hybridized carbons (Fsp3) is 0.222. The minimum absolute atomic E-state index is 0.0400. The van der Waals surface area contributed by atoms with Crippen LogP contribution in [0.4, 0.5) is 17.6 Å². The van der Waals surface area contributed by atoms with E-state index in [-0.39, 0.29) is 28.1 Å². The topological polar surface area (TPSA) is 80.3 Å². The average molecular weight is 417 g/mol. The summed E-state index contributed by atoms with van der Waals surface area (Å²) in [5.41, 5.74) is 0.163. The van der Waals surface area contributed by atoms with Gasteiger partial charge in [0.2, 0.25) is 9.84 Å². The summed E-state index contributed by atoms with van der Waals surface area (Å²) >= 11 is 0. The van der Waals surface area contributed by atoms with Crippen molar-refractivity contribution in [3.05, 3.63) is 59.4 Å². The number of hydrogen-bond donors (Lipinski definition) is 1. The van der Waals surface area contributed by atoms with E-state index in [0.717, 1.165) is 18.2 Å². The van der Waals surface area contributed by atoms with Crippen LogP contribution in [0.5, 0.6) is 0 Å². The fourth-order valence-electron chi connectivity index (χ4n) is 2.50. The molecule has 1 N–H and O–H groups in total. The zero-order chi connectivity index (χ0) is 21.1. The van der Waals surface area contributed by atoms with Gasteiger partial charge in [-0.15, -0.1) is 0 Å². The van der Waals surface area contributed by atoms with E-state index in [1.54, 1.807) is 5.32 Å². The largest absolute Gasteiger partial charge is 0.471 e. The number of benzene rings is 2. The van der Waals surface area contributed by atoms with Crippen molar-refractivity contribution in [2.75, 3.05) is 0 Å². The van der Waals surface area contributed by atoms with Crippen LogP contribution in [0, 0.1) is 5.82 Å². The number of carbonyl (C=O) groups excluding carboxylic acids is 2. The van der Waals surface area contributed by atoms with Crippen molar-refractivity contribution >= 4 is 22.0 Å². The number of nitrogens with one attached hydrogen (secondary N) is 1. The van der Waals surface area contributed by atoms with E-state index in [4.69, 9.17) is 0 Å². The summed E-state index contributed by atoms with van der Waals surface area (Å²) in [7, 11) is -4.10. The summed E-state index contributed by atoms with van der Waals surface area (Å²) in [5.74, 6) is -2.82. The van der Waals surface area contributed by atoms with Gasteiger partial charge in [0.05, 0.1) is 9.79 Å². The summed E-state index contributed by atoms with van der Waals surface area (Å²) in [5, 5.41) is 1.80. The van der Waals surface area contributed by atoms with Crippen LogP contribution >= 0.6 is 0 Å². The van der Waals surface area contributed by atoms with Crippen molar-refractivity contribution in [1.82, 2.24) is 5.32 Å². The number of carbonyl (C=O) groups is 2. The number of halogens is 4. The third kappa shape index (κ3) is 4.94. The van der Waals surface area contributed by atoms with Crippen molar-refractivity contribution in [3.63, 3.8) is 0 Å². The maximum Gasteiger partial charge on any atom is 0.471 e. The number of aldehydes is 1. The van der Waals surface area contributed by atoms with Gasteiger partial charge in [-0.05, 0) is 49.2 Å². The minimum Gasteiger partial charge on any atom is -0.345 e. The normalized spacial score (nSPS) is 13.0. The first-order valence-electron chi connectivity index (χ1n) is 7.91. The molecule has 0 saturated heterocycles. The first kappa shape index (κ1) is 21.5. The summed E-state index contributed by atoms with van der Waals surface area (Å²) in [6.07, 6.45) is -4.72. The number of hydrogen-bond acceptors (Lipinski definition) is 4. The van der Waals surface area contributed by atoms with Crippen LogP contribution in [-0.2, 0) is 21.1 Å². The third-order valence-electron chi connectivity index (χ3n) is 3.80. The fourth-order valence-corrected chi connectivity index (χ4v) is 3.91. The Morgan fingerprint density at radius 2 is 1.75 bits per heavy atom. The van der Waals surface area contributed by atoms with Gasteiger partial charge in [0, 0.05) is 11.6 Å². The Balaban J connectivity index is 2.20. The molecule has 1 unspecified atom stereocenters. The summed E-state index contributed by atoms with van der Waals surface area (Å²) in [6.45, 7) is 1.38. The molecule has 0 spiro atoms. The molecule has 0 bridgehead atoms. The predicted octanol–water partition coefficient (Wildman–Crippen LogP) is 3.08. The van der Waals surface area contributed by atoms with Crippen molar-refractivity contribution in [2.24, 2.45) is 0 Å². The van der Waals surface area contributed by atoms with Crippen LogP contribution in [0.15, 0.2) is 52.3 Å². The smallest absolute Gasteiger partial charge is 0.345 e. The van der Waals surface area contributed by atoms with Gasteiger partial charge >= 0.3 is 12.1 Å². The van der Waals surface area contributed by atoms with Gasteiger partial charge in [-0.3, -0.25) is 9.59 Å². The highest BCUT2D eigenvalue weighted by atomic mass is 32.2. The van der Waals surface area contributed by atoms with Crippen LogP contribution in [0.25, 0.3) is 0 Å². The van der Waals surface area contributed by atoms with Crippen LogP contribution in [-0.4, -0.2) is 32.8 Å². The number of sulfone groups is 1. The highest BCUT2D eigenvalue weighted by molar-refractivity contribution is 7.91. The molecular weight excluding hydrogens is 402 g/mol. The molecule has 28 heavy (non-hydrogen) atoms. The van der Waals surface area contributed by atoms with Crippen LogP contribution in [0.1, 0.15) is 22.8 Å². The standard InChI is InChI=1S/C18H15F4NO4S/c1-11(23-17(25)18(20,21)22)8-12-2-5-15(6-3-12)28(26,27)16-7-4-14(19)9-13(16)10-24/h2-7,9-11H,8H2,1H3,(H,23,25). The van der Waals surface area contributed by atoms with Crippen LogP contribution in [0.2, 0.25) is 0 Å².